The fraction of sp³-hybridized carbons (Fsp3) is 0.500. The van der Waals surface area contributed by atoms with Gasteiger partial charge in [-0.3, -0.25) is 0 Å². The lowest BCUT2D eigenvalue weighted by molar-refractivity contribution is 0.606. The van der Waals surface area contributed by atoms with Gasteiger partial charge in [-0.1, -0.05) is 26.1 Å². The number of anilines is 1. The van der Waals surface area contributed by atoms with Crippen LogP contribution in [0.25, 0.3) is 0 Å². The molecule has 0 aliphatic heterocycles. The molecule has 3 nitrogen and oxygen atoms in total. The van der Waals surface area contributed by atoms with Crippen molar-refractivity contribution in [3.05, 3.63) is 23.4 Å². The maximum absolute atomic E-state index is 5.60. The van der Waals surface area contributed by atoms with Gasteiger partial charge in [-0.2, -0.15) is 0 Å². The quantitative estimate of drug-likeness (QED) is 0.773. The van der Waals surface area contributed by atoms with Crippen LogP contribution < -0.4 is 11.1 Å². The van der Waals surface area contributed by atoms with Gasteiger partial charge in [-0.25, -0.2) is 4.98 Å². The van der Waals surface area contributed by atoms with Crippen molar-refractivity contribution in [3.8, 4) is 0 Å². The second kappa shape index (κ2) is 5.80. The summed E-state index contributed by atoms with van der Waals surface area (Å²) in [6.45, 7) is 7.26. The summed E-state index contributed by atoms with van der Waals surface area (Å²) in [7, 11) is 0. The molecule has 0 fully saturated rings. The average Bonchev–Trinajstić information content (AvgIpc) is 2.16. The number of nitrogens with two attached hydrogens (primary N) is 1. The Bertz CT molecular complexity index is 375. The molecular formula is C12H19N3S. The van der Waals surface area contributed by atoms with E-state index in [1.54, 1.807) is 0 Å². The first kappa shape index (κ1) is 12.9. The Morgan fingerprint density at radius 3 is 2.75 bits per heavy atom. The first-order valence-electron chi connectivity index (χ1n) is 5.51. The number of thiocarbonyl (C=S) groups is 1. The van der Waals surface area contributed by atoms with Crippen molar-refractivity contribution in [2.24, 2.45) is 11.7 Å². The third-order valence-electron chi connectivity index (χ3n) is 2.27. The zero-order valence-electron chi connectivity index (χ0n) is 10.1. The van der Waals surface area contributed by atoms with Gasteiger partial charge < -0.3 is 11.1 Å². The summed E-state index contributed by atoms with van der Waals surface area (Å²) in [5.41, 5.74) is 7.40. The summed E-state index contributed by atoms with van der Waals surface area (Å²) in [5.74, 6) is 1.54. The monoisotopic (exact) mass is 237 g/mol. The van der Waals surface area contributed by atoms with Crippen molar-refractivity contribution in [1.82, 2.24) is 4.98 Å². The largest absolute Gasteiger partial charge is 0.389 e. The lowest BCUT2D eigenvalue weighted by atomic mass is 10.1. The minimum Gasteiger partial charge on any atom is -0.389 e. The SMILES string of the molecule is Cc1cc(C(N)=S)cc(NCCC(C)C)n1. The second-order valence-electron chi connectivity index (χ2n) is 4.36. The standard InChI is InChI=1S/C12H19N3S/c1-8(2)4-5-14-11-7-10(12(13)16)6-9(3)15-11/h6-8H,4-5H2,1-3H3,(H2,13,16)(H,14,15). The fourth-order valence-corrected chi connectivity index (χ4v) is 1.51. The molecule has 0 aliphatic rings. The molecule has 0 radical (unpaired) electrons. The number of aryl methyl sites for hydroxylation is 1. The van der Waals surface area contributed by atoms with E-state index in [2.05, 4.69) is 24.1 Å². The summed E-state index contributed by atoms with van der Waals surface area (Å²) in [6, 6.07) is 3.80. The maximum Gasteiger partial charge on any atom is 0.126 e. The number of aromatic nitrogens is 1. The summed E-state index contributed by atoms with van der Waals surface area (Å²) in [4.78, 5) is 4.80. The zero-order chi connectivity index (χ0) is 12.1. The number of hydrogen-bond donors (Lipinski definition) is 2. The van der Waals surface area contributed by atoms with Crippen molar-refractivity contribution < 1.29 is 0 Å². The molecule has 4 heteroatoms. The highest BCUT2D eigenvalue weighted by molar-refractivity contribution is 7.80. The zero-order valence-corrected chi connectivity index (χ0v) is 10.9. The third kappa shape index (κ3) is 4.14. The molecule has 3 N–H and O–H groups in total. The van der Waals surface area contributed by atoms with Crippen LogP contribution >= 0.6 is 12.2 Å². The van der Waals surface area contributed by atoms with E-state index >= 15 is 0 Å². The molecule has 1 aromatic rings. The molecule has 1 heterocycles. The Balaban J connectivity index is 2.69. The van der Waals surface area contributed by atoms with Crippen molar-refractivity contribution >= 4 is 23.0 Å². The van der Waals surface area contributed by atoms with Crippen molar-refractivity contribution in [3.63, 3.8) is 0 Å². The van der Waals surface area contributed by atoms with E-state index in [1.165, 1.54) is 0 Å². The Morgan fingerprint density at radius 2 is 2.19 bits per heavy atom. The van der Waals surface area contributed by atoms with E-state index < -0.39 is 0 Å². The predicted octanol–water partition coefficient (Wildman–Crippen LogP) is 2.48. The van der Waals surface area contributed by atoms with Gasteiger partial charge in [0.2, 0.25) is 0 Å². The van der Waals surface area contributed by atoms with E-state index in [0.717, 1.165) is 30.0 Å². The number of pyridine rings is 1. The second-order valence-corrected chi connectivity index (χ2v) is 4.80. The van der Waals surface area contributed by atoms with Crippen LogP contribution in [0.1, 0.15) is 31.5 Å². The Hall–Kier alpha value is -1.16. The molecule has 0 atom stereocenters. The molecule has 0 spiro atoms. The molecule has 0 aliphatic carbocycles. The van der Waals surface area contributed by atoms with Crippen LogP contribution in [0.3, 0.4) is 0 Å². The van der Waals surface area contributed by atoms with E-state index in [4.69, 9.17) is 18.0 Å². The molecule has 0 bridgehead atoms. The summed E-state index contributed by atoms with van der Waals surface area (Å²) in [6.07, 6.45) is 1.12. The van der Waals surface area contributed by atoms with Crippen LogP contribution in [0, 0.1) is 12.8 Å². The van der Waals surface area contributed by atoms with Gasteiger partial charge in [0, 0.05) is 17.8 Å². The highest BCUT2D eigenvalue weighted by Crippen LogP contribution is 2.10. The van der Waals surface area contributed by atoms with E-state index in [9.17, 15) is 0 Å². The van der Waals surface area contributed by atoms with Crippen LogP contribution in [-0.4, -0.2) is 16.5 Å². The lowest BCUT2D eigenvalue weighted by Crippen LogP contribution is -2.12. The van der Waals surface area contributed by atoms with Crippen molar-refractivity contribution in [1.29, 1.82) is 0 Å². The minimum atomic E-state index is 0.414. The van der Waals surface area contributed by atoms with Gasteiger partial charge in [-0.15, -0.1) is 0 Å². The maximum atomic E-state index is 5.60. The Morgan fingerprint density at radius 1 is 1.50 bits per heavy atom. The lowest BCUT2D eigenvalue weighted by Gasteiger charge is -2.09. The van der Waals surface area contributed by atoms with Gasteiger partial charge >= 0.3 is 0 Å². The van der Waals surface area contributed by atoms with Gasteiger partial charge in [0.05, 0.1) is 0 Å². The summed E-state index contributed by atoms with van der Waals surface area (Å²) < 4.78 is 0. The predicted molar refractivity (Wildman–Crippen MR) is 72.8 cm³/mol. The minimum absolute atomic E-state index is 0.414. The average molecular weight is 237 g/mol. The molecule has 0 aromatic carbocycles. The molecule has 0 saturated carbocycles. The van der Waals surface area contributed by atoms with Crippen LogP contribution in [0.4, 0.5) is 5.82 Å². The van der Waals surface area contributed by atoms with Gasteiger partial charge in [0.15, 0.2) is 0 Å². The molecular weight excluding hydrogens is 218 g/mol. The molecule has 88 valence electrons. The normalized spacial score (nSPS) is 10.5. The van der Waals surface area contributed by atoms with Crippen LogP contribution in [0.15, 0.2) is 12.1 Å². The van der Waals surface area contributed by atoms with Crippen molar-refractivity contribution in [2.45, 2.75) is 27.2 Å². The van der Waals surface area contributed by atoms with Crippen LogP contribution in [0.5, 0.6) is 0 Å². The highest BCUT2D eigenvalue weighted by atomic mass is 32.1. The van der Waals surface area contributed by atoms with Gasteiger partial charge in [-0.05, 0) is 31.4 Å². The summed E-state index contributed by atoms with van der Waals surface area (Å²) >= 11 is 4.96. The Kier molecular flexibility index (Phi) is 4.68. The molecule has 0 saturated heterocycles. The Labute approximate surface area is 102 Å². The third-order valence-corrected chi connectivity index (χ3v) is 2.50. The topological polar surface area (TPSA) is 50.9 Å². The van der Waals surface area contributed by atoms with Gasteiger partial charge in [0.25, 0.3) is 0 Å². The van der Waals surface area contributed by atoms with Crippen molar-refractivity contribution in [2.75, 3.05) is 11.9 Å². The molecule has 1 rings (SSSR count). The summed E-state index contributed by atoms with van der Waals surface area (Å²) in [5, 5.41) is 3.29. The molecule has 16 heavy (non-hydrogen) atoms. The first-order valence-corrected chi connectivity index (χ1v) is 5.92. The highest BCUT2D eigenvalue weighted by Gasteiger charge is 2.02. The number of nitrogens with one attached hydrogen (secondary N) is 1. The van der Waals surface area contributed by atoms with Crippen LogP contribution in [-0.2, 0) is 0 Å². The number of nitrogens with zero attached hydrogens (tertiary/aromatic N) is 1. The number of hydrogen-bond acceptors (Lipinski definition) is 3. The van der Waals surface area contributed by atoms with Crippen LogP contribution in [0.2, 0.25) is 0 Å². The molecule has 0 amide bonds. The van der Waals surface area contributed by atoms with E-state index in [0.29, 0.717) is 10.9 Å². The van der Waals surface area contributed by atoms with E-state index in [1.807, 2.05) is 19.1 Å². The smallest absolute Gasteiger partial charge is 0.126 e. The molecule has 1 aromatic heterocycles. The van der Waals surface area contributed by atoms with E-state index in [-0.39, 0.29) is 0 Å². The van der Waals surface area contributed by atoms with Gasteiger partial charge in [0.1, 0.15) is 10.8 Å². The molecule has 0 unspecified atom stereocenters. The first-order chi connectivity index (χ1) is 7.49. The fourth-order valence-electron chi connectivity index (χ4n) is 1.39. The number of rotatable bonds is 5.